The zero-order chi connectivity index (χ0) is 14.1. The summed E-state index contributed by atoms with van der Waals surface area (Å²) in [7, 11) is 1.69. The zero-order valence-electron chi connectivity index (χ0n) is 11.2. The lowest BCUT2D eigenvalue weighted by Gasteiger charge is -2.17. The number of halogens is 1. The summed E-state index contributed by atoms with van der Waals surface area (Å²) in [4.78, 5) is 11.3. The normalized spacial score (nSPS) is 11.9. The van der Waals surface area contributed by atoms with Crippen LogP contribution in [0.5, 0.6) is 0 Å². The van der Waals surface area contributed by atoms with E-state index in [1.54, 1.807) is 7.11 Å². The first-order valence-corrected chi connectivity index (χ1v) is 6.70. The predicted octanol–water partition coefficient (Wildman–Crippen LogP) is 3.15. The Bertz CT molecular complexity index is 403. The molecular formula is C15H20ClNO2. The quantitative estimate of drug-likeness (QED) is 0.587. The molecule has 3 nitrogen and oxygen atoms in total. The minimum Gasteiger partial charge on any atom is -0.385 e. The van der Waals surface area contributed by atoms with Gasteiger partial charge in [0.2, 0.25) is 5.91 Å². The van der Waals surface area contributed by atoms with E-state index in [4.69, 9.17) is 16.3 Å². The fourth-order valence-electron chi connectivity index (χ4n) is 1.89. The zero-order valence-corrected chi connectivity index (χ0v) is 12.0. The molecule has 0 aliphatic heterocycles. The first kappa shape index (κ1) is 15.7. The van der Waals surface area contributed by atoms with Crippen molar-refractivity contribution >= 4 is 17.5 Å². The molecule has 0 radical (unpaired) electrons. The van der Waals surface area contributed by atoms with Gasteiger partial charge in [0.1, 0.15) is 0 Å². The Morgan fingerprint density at radius 1 is 1.47 bits per heavy atom. The predicted molar refractivity (Wildman–Crippen MR) is 78.5 cm³/mol. The van der Waals surface area contributed by atoms with E-state index < -0.39 is 0 Å². The summed E-state index contributed by atoms with van der Waals surface area (Å²) in [5.74, 6) is 0.113. The summed E-state index contributed by atoms with van der Waals surface area (Å²) < 4.78 is 5.07. The third kappa shape index (κ3) is 5.90. The third-order valence-electron chi connectivity index (χ3n) is 2.95. The SMILES string of the molecule is C=CC(=O)NCC(CCCOC)c1ccc(Cl)cc1. The second kappa shape index (κ2) is 8.73. The molecule has 1 aromatic carbocycles. The Morgan fingerprint density at radius 3 is 2.74 bits per heavy atom. The summed E-state index contributed by atoms with van der Waals surface area (Å²) in [5.41, 5.74) is 1.17. The number of hydrogen-bond donors (Lipinski definition) is 1. The van der Waals surface area contributed by atoms with Gasteiger partial charge in [-0.05, 0) is 36.6 Å². The van der Waals surface area contributed by atoms with Crippen LogP contribution in [0.15, 0.2) is 36.9 Å². The number of carbonyl (C=O) groups is 1. The number of carbonyl (C=O) groups excluding carboxylic acids is 1. The second-order valence-electron chi connectivity index (χ2n) is 4.33. The van der Waals surface area contributed by atoms with E-state index in [1.165, 1.54) is 11.6 Å². The number of amides is 1. The van der Waals surface area contributed by atoms with Crippen molar-refractivity contribution in [1.29, 1.82) is 0 Å². The average molecular weight is 282 g/mol. The number of nitrogens with one attached hydrogen (secondary N) is 1. The smallest absolute Gasteiger partial charge is 0.243 e. The summed E-state index contributed by atoms with van der Waals surface area (Å²) in [6, 6.07) is 7.74. The summed E-state index contributed by atoms with van der Waals surface area (Å²) >= 11 is 5.89. The van der Waals surface area contributed by atoms with Crippen LogP contribution >= 0.6 is 11.6 Å². The van der Waals surface area contributed by atoms with Gasteiger partial charge < -0.3 is 10.1 Å². The number of benzene rings is 1. The van der Waals surface area contributed by atoms with Gasteiger partial charge in [-0.15, -0.1) is 0 Å². The molecule has 1 rings (SSSR count). The van der Waals surface area contributed by atoms with E-state index in [1.807, 2.05) is 24.3 Å². The molecule has 1 atom stereocenters. The third-order valence-corrected chi connectivity index (χ3v) is 3.20. The van der Waals surface area contributed by atoms with E-state index >= 15 is 0 Å². The molecule has 0 aromatic heterocycles. The number of ether oxygens (including phenoxy) is 1. The average Bonchev–Trinajstić information content (AvgIpc) is 2.43. The highest BCUT2D eigenvalue weighted by atomic mass is 35.5. The molecule has 0 aliphatic carbocycles. The van der Waals surface area contributed by atoms with Gasteiger partial charge in [-0.25, -0.2) is 0 Å². The van der Waals surface area contributed by atoms with E-state index in [9.17, 15) is 4.79 Å². The Kier molecular flexibility index (Phi) is 7.23. The van der Waals surface area contributed by atoms with Crippen LogP contribution in [0.2, 0.25) is 5.02 Å². The highest BCUT2D eigenvalue weighted by Crippen LogP contribution is 2.22. The lowest BCUT2D eigenvalue weighted by molar-refractivity contribution is -0.116. The van der Waals surface area contributed by atoms with Crippen molar-refractivity contribution in [1.82, 2.24) is 5.32 Å². The Morgan fingerprint density at radius 2 is 2.16 bits per heavy atom. The Hall–Kier alpha value is -1.32. The molecule has 0 fully saturated rings. The van der Waals surface area contributed by atoms with Crippen molar-refractivity contribution < 1.29 is 9.53 Å². The van der Waals surface area contributed by atoms with Crippen molar-refractivity contribution in [2.24, 2.45) is 0 Å². The topological polar surface area (TPSA) is 38.3 Å². The van der Waals surface area contributed by atoms with E-state index in [-0.39, 0.29) is 11.8 Å². The highest BCUT2D eigenvalue weighted by molar-refractivity contribution is 6.30. The van der Waals surface area contributed by atoms with Crippen LogP contribution in [0.3, 0.4) is 0 Å². The molecule has 1 aromatic rings. The van der Waals surface area contributed by atoms with Crippen molar-refractivity contribution in [3.63, 3.8) is 0 Å². The molecular weight excluding hydrogens is 262 g/mol. The maximum Gasteiger partial charge on any atom is 0.243 e. The van der Waals surface area contributed by atoms with Crippen LogP contribution in [0.1, 0.15) is 24.3 Å². The molecule has 0 aliphatic rings. The first-order chi connectivity index (χ1) is 9.17. The molecule has 4 heteroatoms. The summed E-state index contributed by atoms with van der Waals surface area (Å²) in [5, 5.41) is 3.56. The fraction of sp³-hybridized carbons (Fsp3) is 0.400. The molecule has 1 amide bonds. The maximum atomic E-state index is 11.3. The minimum absolute atomic E-state index is 0.147. The molecule has 0 spiro atoms. The number of methoxy groups -OCH3 is 1. The number of rotatable bonds is 8. The Balaban J connectivity index is 2.64. The van der Waals surface area contributed by atoms with Crippen molar-refractivity contribution in [2.45, 2.75) is 18.8 Å². The summed E-state index contributed by atoms with van der Waals surface area (Å²) in [6.45, 7) is 4.76. The second-order valence-corrected chi connectivity index (χ2v) is 4.77. The van der Waals surface area contributed by atoms with Crippen molar-refractivity contribution in [2.75, 3.05) is 20.3 Å². The standard InChI is InChI=1S/C15H20ClNO2/c1-3-15(18)17-11-13(5-4-10-19-2)12-6-8-14(16)9-7-12/h3,6-9,13H,1,4-5,10-11H2,2H3,(H,17,18). The van der Waals surface area contributed by atoms with Gasteiger partial charge in [-0.1, -0.05) is 30.3 Å². The summed E-state index contributed by atoms with van der Waals surface area (Å²) in [6.07, 6.45) is 3.19. The van der Waals surface area contributed by atoms with Crippen LogP contribution < -0.4 is 5.32 Å². The number of hydrogen-bond acceptors (Lipinski definition) is 2. The molecule has 104 valence electrons. The molecule has 0 heterocycles. The molecule has 19 heavy (non-hydrogen) atoms. The van der Waals surface area contributed by atoms with Crippen molar-refractivity contribution in [3.8, 4) is 0 Å². The molecule has 0 bridgehead atoms. The van der Waals surface area contributed by atoms with Gasteiger partial charge in [0, 0.05) is 31.2 Å². The molecule has 0 saturated heterocycles. The maximum absolute atomic E-state index is 11.3. The minimum atomic E-state index is -0.147. The van der Waals surface area contributed by atoms with Gasteiger partial charge in [0.25, 0.3) is 0 Å². The van der Waals surface area contributed by atoms with Crippen LogP contribution in [0.4, 0.5) is 0 Å². The largest absolute Gasteiger partial charge is 0.385 e. The van der Waals surface area contributed by atoms with Gasteiger partial charge in [0.15, 0.2) is 0 Å². The van der Waals surface area contributed by atoms with Gasteiger partial charge in [-0.3, -0.25) is 4.79 Å². The fourth-order valence-corrected chi connectivity index (χ4v) is 2.02. The van der Waals surface area contributed by atoms with Crippen LogP contribution in [-0.4, -0.2) is 26.2 Å². The monoisotopic (exact) mass is 281 g/mol. The first-order valence-electron chi connectivity index (χ1n) is 6.32. The highest BCUT2D eigenvalue weighted by Gasteiger charge is 2.12. The molecule has 1 N–H and O–H groups in total. The van der Waals surface area contributed by atoms with E-state index in [0.717, 1.165) is 24.5 Å². The van der Waals surface area contributed by atoms with Crippen molar-refractivity contribution in [3.05, 3.63) is 47.5 Å². The van der Waals surface area contributed by atoms with Crippen LogP contribution in [-0.2, 0) is 9.53 Å². The van der Waals surface area contributed by atoms with Gasteiger partial charge in [0.05, 0.1) is 0 Å². The lowest BCUT2D eigenvalue weighted by Crippen LogP contribution is -2.26. The van der Waals surface area contributed by atoms with Gasteiger partial charge in [-0.2, -0.15) is 0 Å². The van der Waals surface area contributed by atoms with Gasteiger partial charge >= 0.3 is 0 Å². The van der Waals surface area contributed by atoms with E-state index in [0.29, 0.717) is 6.54 Å². The molecule has 1 unspecified atom stereocenters. The van der Waals surface area contributed by atoms with Crippen LogP contribution in [0.25, 0.3) is 0 Å². The van der Waals surface area contributed by atoms with E-state index in [2.05, 4.69) is 11.9 Å². The Labute approximate surface area is 119 Å². The molecule has 0 saturated carbocycles. The van der Waals surface area contributed by atoms with Crippen LogP contribution in [0, 0.1) is 0 Å². The lowest BCUT2D eigenvalue weighted by atomic mass is 9.94.